The summed E-state index contributed by atoms with van der Waals surface area (Å²) in [5.74, 6) is 1.52. The average molecular weight is 423 g/mol. The fraction of sp³-hybridized carbons (Fsp3) is 0.200. The van der Waals surface area contributed by atoms with Gasteiger partial charge in [-0.25, -0.2) is 0 Å². The van der Waals surface area contributed by atoms with E-state index >= 15 is 0 Å². The van der Waals surface area contributed by atoms with Crippen molar-refractivity contribution < 1.29 is 9.47 Å². The highest BCUT2D eigenvalue weighted by atomic mass is 35.5. The summed E-state index contributed by atoms with van der Waals surface area (Å²) in [4.78, 5) is 3.33. The molecule has 0 fully saturated rings. The van der Waals surface area contributed by atoms with Crippen molar-refractivity contribution in [1.29, 1.82) is 0 Å². The van der Waals surface area contributed by atoms with Gasteiger partial charge < -0.3 is 19.8 Å². The number of nitrogens with one attached hydrogen (secondary N) is 2. The number of aromatic nitrogens is 1. The molecule has 0 radical (unpaired) electrons. The van der Waals surface area contributed by atoms with Crippen molar-refractivity contribution in [3.05, 3.63) is 95.7 Å². The standard InChI is InChI=1S/C25H26N2O2.ClH/c1-28-25-15-20(11-12-24(25)29-18-19-7-3-2-4-8-19)16-26-14-13-21-17-27-23-10-6-5-9-22(21)23;/h2-12,15,17,26-27H,13-14,16,18H2,1H3;1H. The second-order valence-electron chi connectivity index (χ2n) is 7.05. The van der Waals surface area contributed by atoms with Crippen LogP contribution in [0.1, 0.15) is 16.7 Å². The molecule has 0 aliphatic heterocycles. The monoisotopic (exact) mass is 422 g/mol. The van der Waals surface area contributed by atoms with Crippen molar-refractivity contribution in [2.24, 2.45) is 0 Å². The first kappa shape index (κ1) is 21.8. The van der Waals surface area contributed by atoms with E-state index in [4.69, 9.17) is 9.47 Å². The molecule has 4 rings (SSSR count). The third-order valence-corrected chi connectivity index (χ3v) is 5.04. The van der Waals surface area contributed by atoms with E-state index in [2.05, 4.69) is 59.0 Å². The minimum absolute atomic E-state index is 0. The maximum atomic E-state index is 5.94. The molecule has 0 spiro atoms. The van der Waals surface area contributed by atoms with Crippen LogP contribution in [-0.4, -0.2) is 18.6 Å². The minimum atomic E-state index is 0. The zero-order valence-corrected chi connectivity index (χ0v) is 17.9. The van der Waals surface area contributed by atoms with Crippen LogP contribution in [0.3, 0.4) is 0 Å². The van der Waals surface area contributed by atoms with E-state index in [-0.39, 0.29) is 12.4 Å². The Hall–Kier alpha value is -2.95. The molecule has 0 saturated carbocycles. The molecule has 0 saturated heterocycles. The number of fused-ring (bicyclic) bond motifs is 1. The molecule has 4 aromatic rings. The summed E-state index contributed by atoms with van der Waals surface area (Å²) in [6, 6.07) is 24.7. The lowest BCUT2D eigenvalue weighted by Crippen LogP contribution is -2.16. The van der Waals surface area contributed by atoms with Crippen LogP contribution in [0.4, 0.5) is 0 Å². The third kappa shape index (κ3) is 5.35. The zero-order chi connectivity index (χ0) is 19.9. The van der Waals surface area contributed by atoms with Gasteiger partial charge in [0.15, 0.2) is 11.5 Å². The molecule has 1 heterocycles. The van der Waals surface area contributed by atoms with Gasteiger partial charge in [0.2, 0.25) is 0 Å². The number of hydrogen-bond donors (Lipinski definition) is 2. The summed E-state index contributed by atoms with van der Waals surface area (Å²) >= 11 is 0. The van der Waals surface area contributed by atoms with E-state index in [1.807, 2.05) is 30.3 Å². The lowest BCUT2D eigenvalue weighted by Gasteiger charge is -2.13. The first-order chi connectivity index (χ1) is 14.3. The zero-order valence-electron chi connectivity index (χ0n) is 17.1. The molecule has 30 heavy (non-hydrogen) atoms. The number of methoxy groups -OCH3 is 1. The first-order valence-corrected chi connectivity index (χ1v) is 9.93. The normalized spacial score (nSPS) is 10.6. The van der Waals surface area contributed by atoms with Crippen molar-refractivity contribution in [2.45, 2.75) is 19.6 Å². The number of para-hydroxylation sites is 1. The van der Waals surface area contributed by atoms with Crippen LogP contribution in [-0.2, 0) is 19.6 Å². The summed E-state index contributed by atoms with van der Waals surface area (Å²) in [7, 11) is 1.68. The maximum absolute atomic E-state index is 5.94. The summed E-state index contributed by atoms with van der Waals surface area (Å²) in [6.07, 6.45) is 3.09. The topological polar surface area (TPSA) is 46.3 Å². The summed E-state index contributed by atoms with van der Waals surface area (Å²) in [6.45, 7) is 2.23. The van der Waals surface area contributed by atoms with Crippen LogP contribution in [0.25, 0.3) is 10.9 Å². The van der Waals surface area contributed by atoms with Gasteiger partial charge in [0.1, 0.15) is 6.61 Å². The highest BCUT2D eigenvalue weighted by Crippen LogP contribution is 2.29. The van der Waals surface area contributed by atoms with Crippen LogP contribution in [0.15, 0.2) is 79.0 Å². The average Bonchev–Trinajstić information content (AvgIpc) is 3.19. The second-order valence-corrected chi connectivity index (χ2v) is 7.05. The third-order valence-electron chi connectivity index (χ3n) is 5.04. The molecule has 156 valence electrons. The van der Waals surface area contributed by atoms with Crippen LogP contribution < -0.4 is 14.8 Å². The van der Waals surface area contributed by atoms with E-state index in [0.29, 0.717) is 6.61 Å². The Morgan fingerprint density at radius 1 is 0.867 bits per heavy atom. The number of halogens is 1. The molecule has 0 unspecified atom stereocenters. The molecule has 3 aromatic carbocycles. The van der Waals surface area contributed by atoms with Gasteiger partial charge >= 0.3 is 0 Å². The van der Waals surface area contributed by atoms with E-state index in [1.54, 1.807) is 7.11 Å². The first-order valence-electron chi connectivity index (χ1n) is 9.93. The Balaban J connectivity index is 0.00000256. The largest absolute Gasteiger partial charge is 0.493 e. The van der Waals surface area contributed by atoms with Crippen LogP contribution in [0.2, 0.25) is 0 Å². The molecule has 0 aliphatic carbocycles. The highest BCUT2D eigenvalue weighted by Gasteiger charge is 2.07. The Bertz CT molecular complexity index is 1060. The van der Waals surface area contributed by atoms with Gasteiger partial charge in [-0.1, -0.05) is 54.6 Å². The van der Waals surface area contributed by atoms with Crippen LogP contribution >= 0.6 is 12.4 Å². The summed E-state index contributed by atoms with van der Waals surface area (Å²) < 4.78 is 11.5. The molecule has 0 aliphatic rings. The van der Waals surface area contributed by atoms with Crippen molar-refractivity contribution in [1.82, 2.24) is 10.3 Å². The number of ether oxygens (including phenoxy) is 2. The Morgan fingerprint density at radius 2 is 1.67 bits per heavy atom. The fourth-order valence-corrected chi connectivity index (χ4v) is 3.47. The summed E-state index contributed by atoms with van der Waals surface area (Å²) in [5.41, 5.74) is 4.85. The number of H-pyrrole nitrogens is 1. The van der Waals surface area contributed by atoms with Gasteiger partial charge in [0, 0.05) is 23.6 Å². The van der Waals surface area contributed by atoms with E-state index < -0.39 is 0 Å². The van der Waals surface area contributed by atoms with Crippen LogP contribution in [0, 0.1) is 0 Å². The molecule has 0 atom stereocenters. The highest BCUT2D eigenvalue weighted by molar-refractivity contribution is 5.85. The smallest absolute Gasteiger partial charge is 0.161 e. The van der Waals surface area contributed by atoms with Crippen LogP contribution in [0.5, 0.6) is 11.5 Å². The lowest BCUT2D eigenvalue weighted by atomic mass is 10.1. The van der Waals surface area contributed by atoms with Gasteiger partial charge in [0.05, 0.1) is 7.11 Å². The molecule has 1 aromatic heterocycles. The SMILES string of the molecule is COc1cc(CNCCc2c[nH]c3ccccc23)ccc1OCc1ccccc1.Cl. The second kappa shape index (κ2) is 10.7. The maximum Gasteiger partial charge on any atom is 0.161 e. The van der Waals surface area contributed by atoms with Gasteiger partial charge in [-0.3, -0.25) is 0 Å². The van der Waals surface area contributed by atoms with Crippen molar-refractivity contribution in [2.75, 3.05) is 13.7 Å². The predicted molar refractivity (Wildman–Crippen MR) is 125 cm³/mol. The number of rotatable bonds is 9. The molecular weight excluding hydrogens is 396 g/mol. The minimum Gasteiger partial charge on any atom is -0.493 e. The molecule has 5 heteroatoms. The number of aromatic amines is 1. The van der Waals surface area contributed by atoms with Gasteiger partial charge in [0.25, 0.3) is 0 Å². The molecule has 0 bridgehead atoms. The molecular formula is C25H27ClN2O2. The van der Waals surface area contributed by atoms with Gasteiger partial charge in [-0.2, -0.15) is 0 Å². The number of benzene rings is 3. The van der Waals surface area contributed by atoms with Crippen molar-refractivity contribution in [3.8, 4) is 11.5 Å². The molecule has 4 nitrogen and oxygen atoms in total. The number of hydrogen-bond acceptors (Lipinski definition) is 3. The quantitative estimate of drug-likeness (QED) is 0.349. The molecule has 0 amide bonds. The van der Waals surface area contributed by atoms with Gasteiger partial charge in [-0.15, -0.1) is 12.4 Å². The fourth-order valence-electron chi connectivity index (χ4n) is 3.47. The van der Waals surface area contributed by atoms with E-state index in [0.717, 1.165) is 36.6 Å². The summed E-state index contributed by atoms with van der Waals surface area (Å²) in [5, 5.41) is 4.82. The van der Waals surface area contributed by atoms with E-state index in [9.17, 15) is 0 Å². The lowest BCUT2D eigenvalue weighted by molar-refractivity contribution is 0.284. The Morgan fingerprint density at radius 3 is 2.50 bits per heavy atom. The van der Waals surface area contributed by atoms with Crippen molar-refractivity contribution in [3.63, 3.8) is 0 Å². The Labute approximate surface area is 183 Å². The predicted octanol–water partition coefficient (Wildman–Crippen LogP) is 5.51. The van der Waals surface area contributed by atoms with Gasteiger partial charge in [-0.05, 0) is 47.9 Å². The van der Waals surface area contributed by atoms with Crippen molar-refractivity contribution >= 4 is 23.3 Å². The molecule has 2 N–H and O–H groups in total. The van der Waals surface area contributed by atoms with E-state index in [1.165, 1.54) is 22.0 Å². The Kier molecular flexibility index (Phi) is 7.77.